The first-order chi connectivity index (χ1) is 6.72. The molecule has 0 spiro atoms. The van der Waals surface area contributed by atoms with Gasteiger partial charge in [-0.1, -0.05) is 35.9 Å². The van der Waals surface area contributed by atoms with Gasteiger partial charge in [-0.25, -0.2) is 0 Å². The van der Waals surface area contributed by atoms with E-state index in [1.54, 1.807) is 0 Å². The van der Waals surface area contributed by atoms with E-state index in [1.807, 2.05) is 7.05 Å². The molecule has 1 atom stereocenters. The summed E-state index contributed by atoms with van der Waals surface area (Å²) in [4.78, 5) is 0. The lowest BCUT2D eigenvalue weighted by molar-refractivity contribution is 0.555. The highest BCUT2D eigenvalue weighted by atomic mass is 14.9. The molecule has 0 fully saturated rings. The maximum atomic E-state index is 3.94. The Bertz CT molecular complexity index is 277. The topological polar surface area (TPSA) is 12.0 Å². The van der Waals surface area contributed by atoms with Gasteiger partial charge in [-0.2, -0.15) is 0 Å². The number of benzene rings is 1. The summed E-state index contributed by atoms with van der Waals surface area (Å²) in [6.45, 7) is 6.02. The molecule has 0 bridgehead atoms. The molecule has 1 N–H and O–H groups in total. The third-order valence-corrected chi connectivity index (χ3v) is 2.33. The van der Waals surface area contributed by atoms with Crippen LogP contribution in [0.2, 0.25) is 0 Å². The second-order valence-corrected chi connectivity index (χ2v) is 3.84. The average molecular weight is 189 g/mol. The highest BCUT2D eigenvalue weighted by molar-refractivity contribution is 5.16. The van der Waals surface area contributed by atoms with Gasteiger partial charge in [-0.05, 0) is 32.4 Å². The summed E-state index contributed by atoms with van der Waals surface area (Å²) < 4.78 is 0. The van der Waals surface area contributed by atoms with Gasteiger partial charge >= 0.3 is 0 Å². The Morgan fingerprint density at radius 2 is 2.00 bits per heavy atom. The Morgan fingerprint density at radius 1 is 1.36 bits per heavy atom. The highest BCUT2D eigenvalue weighted by Gasteiger charge is 2.06. The number of nitrogens with one attached hydrogen (secondary N) is 1. The van der Waals surface area contributed by atoms with Crippen molar-refractivity contribution in [2.24, 2.45) is 0 Å². The van der Waals surface area contributed by atoms with Crippen LogP contribution in [0, 0.1) is 0 Å². The van der Waals surface area contributed by atoms with Crippen molar-refractivity contribution in [1.29, 1.82) is 0 Å². The van der Waals surface area contributed by atoms with Crippen molar-refractivity contribution in [2.75, 3.05) is 7.05 Å². The van der Waals surface area contributed by atoms with Gasteiger partial charge in [0.05, 0.1) is 0 Å². The summed E-state index contributed by atoms with van der Waals surface area (Å²) in [5.41, 5.74) is 2.62. The van der Waals surface area contributed by atoms with E-state index in [1.165, 1.54) is 11.1 Å². The number of rotatable bonds is 5. The van der Waals surface area contributed by atoms with Crippen molar-refractivity contribution < 1.29 is 0 Å². The van der Waals surface area contributed by atoms with E-state index in [-0.39, 0.29) is 0 Å². The molecule has 0 aliphatic carbocycles. The van der Waals surface area contributed by atoms with E-state index in [2.05, 4.69) is 49.2 Å². The van der Waals surface area contributed by atoms with Gasteiger partial charge in [-0.3, -0.25) is 0 Å². The summed E-state index contributed by atoms with van der Waals surface area (Å²) in [5, 5.41) is 3.32. The van der Waals surface area contributed by atoms with Crippen LogP contribution in [0.15, 0.2) is 42.5 Å². The maximum Gasteiger partial charge on any atom is 0.0141 e. The van der Waals surface area contributed by atoms with Crippen molar-refractivity contribution >= 4 is 0 Å². The van der Waals surface area contributed by atoms with E-state index in [4.69, 9.17) is 0 Å². The van der Waals surface area contributed by atoms with E-state index in [0.29, 0.717) is 6.04 Å². The van der Waals surface area contributed by atoms with Crippen LogP contribution in [-0.4, -0.2) is 13.1 Å². The molecule has 0 heterocycles. The van der Waals surface area contributed by atoms with E-state index >= 15 is 0 Å². The Kier molecular flexibility index (Phi) is 4.41. The number of likely N-dealkylation sites (N-methyl/N-ethyl adjacent to an activating group) is 1. The molecule has 76 valence electrons. The minimum atomic E-state index is 0.509. The fourth-order valence-electron chi connectivity index (χ4n) is 1.60. The summed E-state index contributed by atoms with van der Waals surface area (Å²) in [6.07, 6.45) is 2.12. The zero-order chi connectivity index (χ0) is 10.4. The summed E-state index contributed by atoms with van der Waals surface area (Å²) in [6, 6.07) is 11.1. The van der Waals surface area contributed by atoms with Crippen molar-refractivity contribution in [3.63, 3.8) is 0 Å². The van der Waals surface area contributed by atoms with Crippen molar-refractivity contribution in [2.45, 2.75) is 25.8 Å². The summed E-state index contributed by atoms with van der Waals surface area (Å²) in [5.74, 6) is 0. The second-order valence-electron chi connectivity index (χ2n) is 3.84. The van der Waals surface area contributed by atoms with Gasteiger partial charge in [0.15, 0.2) is 0 Å². The third-order valence-electron chi connectivity index (χ3n) is 2.33. The third kappa shape index (κ3) is 3.75. The van der Waals surface area contributed by atoms with Crippen LogP contribution >= 0.6 is 0 Å². The smallest absolute Gasteiger partial charge is 0.0141 e. The van der Waals surface area contributed by atoms with Crippen LogP contribution in [0.25, 0.3) is 0 Å². The van der Waals surface area contributed by atoms with Gasteiger partial charge in [0.25, 0.3) is 0 Å². The Balaban J connectivity index is 2.53. The minimum Gasteiger partial charge on any atom is -0.316 e. The Labute approximate surface area is 86.8 Å². The van der Waals surface area contributed by atoms with Gasteiger partial charge < -0.3 is 5.32 Å². The molecule has 1 aromatic rings. The molecule has 0 saturated heterocycles. The average Bonchev–Trinajstić information content (AvgIpc) is 2.17. The highest BCUT2D eigenvalue weighted by Crippen LogP contribution is 2.09. The molecule has 0 amide bonds. The first kappa shape index (κ1) is 11.0. The standard InChI is InChI=1S/C13H19N/c1-11(2)9-13(14-3)10-12-7-5-4-6-8-12/h4-8,13-14H,1,9-10H2,2-3H3. The number of hydrogen-bond donors (Lipinski definition) is 1. The lowest BCUT2D eigenvalue weighted by atomic mass is 10.0. The van der Waals surface area contributed by atoms with Crippen LogP contribution in [-0.2, 0) is 6.42 Å². The normalized spacial score (nSPS) is 12.4. The van der Waals surface area contributed by atoms with Crippen LogP contribution in [0.5, 0.6) is 0 Å². The molecular formula is C13H19N. The Hall–Kier alpha value is -1.08. The zero-order valence-electron chi connectivity index (χ0n) is 9.09. The molecule has 1 heteroatoms. The summed E-state index contributed by atoms with van der Waals surface area (Å²) in [7, 11) is 2.01. The zero-order valence-corrected chi connectivity index (χ0v) is 9.09. The van der Waals surface area contributed by atoms with Crippen LogP contribution in [0.1, 0.15) is 18.9 Å². The molecular weight excluding hydrogens is 170 g/mol. The SMILES string of the molecule is C=C(C)CC(Cc1ccccc1)NC. The van der Waals surface area contributed by atoms with E-state index in [9.17, 15) is 0 Å². The molecule has 14 heavy (non-hydrogen) atoms. The lowest BCUT2D eigenvalue weighted by Gasteiger charge is -2.15. The predicted molar refractivity (Wildman–Crippen MR) is 62.4 cm³/mol. The van der Waals surface area contributed by atoms with Gasteiger partial charge in [-0.15, -0.1) is 6.58 Å². The summed E-state index contributed by atoms with van der Waals surface area (Å²) >= 11 is 0. The molecule has 0 saturated carbocycles. The fraction of sp³-hybridized carbons (Fsp3) is 0.385. The molecule has 1 nitrogen and oxygen atoms in total. The molecule has 0 aromatic heterocycles. The molecule has 1 aromatic carbocycles. The van der Waals surface area contributed by atoms with E-state index < -0.39 is 0 Å². The van der Waals surface area contributed by atoms with Crippen LogP contribution < -0.4 is 5.32 Å². The first-order valence-electron chi connectivity index (χ1n) is 5.08. The lowest BCUT2D eigenvalue weighted by Crippen LogP contribution is -2.27. The van der Waals surface area contributed by atoms with Crippen molar-refractivity contribution in [3.05, 3.63) is 48.0 Å². The van der Waals surface area contributed by atoms with Crippen LogP contribution in [0.3, 0.4) is 0 Å². The van der Waals surface area contributed by atoms with Gasteiger partial charge in [0.1, 0.15) is 0 Å². The first-order valence-corrected chi connectivity index (χ1v) is 5.08. The largest absolute Gasteiger partial charge is 0.316 e. The molecule has 0 aliphatic heterocycles. The molecule has 0 radical (unpaired) electrons. The molecule has 0 aliphatic rings. The van der Waals surface area contributed by atoms with Crippen LogP contribution in [0.4, 0.5) is 0 Å². The van der Waals surface area contributed by atoms with Crippen molar-refractivity contribution in [3.8, 4) is 0 Å². The number of hydrogen-bond acceptors (Lipinski definition) is 1. The monoisotopic (exact) mass is 189 g/mol. The quantitative estimate of drug-likeness (QED) is 0.702. The second kappa shape index (κ2) is 5.61. The maximum absolute atomic E-state index is 3.94. The Morgan fingerprint density at radius 3 is 2.50 bits per heavy atom. The van der Waals surface area contributed by atoms with E-state index in [0.717, 1.165) is 12.8 Å². The minimum absolute atomic E-state index is 0.509. The molecule has 1 unspecified atom stereocenters. The van der Waals surface area contributed by atoms with Gasteiger partial charge in [0, 0.05) is 6.04 Å². The van der Waals surface area contributed by atoms with Crippen molar-refractivity contribution in [1.82, 2.24) is 5.32 Å². The molecule has 1 rings (SSSR count). The fourth-order valence-corrected chi connectivity index (χ4v) is 1.60. The van der Waals surface area contributed by atoms with Gasteiger partial charge in [0.2, 0.25) is 0 Å². The predicted octanol–water partition coefficient (Wildman–Crippen LogP) is 2.78.